The summed E-state index contributed by atoms with van der Waals surface area (Å²) >= 11 is 0. The number of rotatable bonds is 9. The number of hydrogen-bond donors (Lipinski definition) is 0. The Morgan fingerprint density at radius 2 is 1.62 bits per heavy atom. The summed E-state index contributed by atoms with van der Waals surface area (Å²) in [6.07, 6.45) is 3.36. The quantitative estimate of drug-likeness (QED) is 0.472. The molecule has 3 nitrogen and oxygen atoms in total. The van der Waals surface area contributed by atoms with Crippen molar-refractivity contribution in [3.63, 3.8) is 0 Å². The molecular formula is C22H26O3S. The first kappa shape index (κ1) is 20.1. The molecule has 0 aliphatic carbocycles. The van der Waals surface area contributed by atoms with E-state index in [1.165, 1.54) is 0 Å². The third-order valence-electron chi connectivity index (χ3n) is 4.44. The highest BCUT2D eigenvalue weighted by Gasteiger charge is 2.21. The van der Waals surface area contributed by atoms with Crippen LogP contribution in [-0.4, -0.2) is 20.5 Å². The molecule has 0 radical (unpaired) electrons. The number of carbonyl (C=O) groups excluding carboxylic acids is 1. The van der Waals surface area contributed by atoms with Gasteiger partial charge in [-0.3, -0.25) is 4.79 Å². The van der Waals surface area contributed by atoms with Gasteiger partial charge in [0.15, 0.2) is 9.84 Å². The van der Waals surface area contributed by atoms with Crippen LogP contribution in [0.5, 0.6) is 0 Å². The lowest BCUT2D eigenvalue weighted by Crippen LogP contribution is -2.13. The molecule has 2 aromatic carbocycles. The van der Waals surface area contributed by atoms with E-state index in [0.717, 1.165) is 29.4 Å². The average molecular weight is 371 g/mol. The summed E-state index contributed by atoms with van der Waals surface area (Å²) in [5, 5.41) is 0. The van der Waals surface area contributed by atoms with Crippen molar-refractivity contribution in [3.8, 4) is 0 Å². The molecule has 0 N–H and O–H groups in total. The molecule has 0 fully saturated rings. The Bertz CT molecular complexity index is 865. The van der Waals surface area contributed by atoms with Gasteiger partial charge in [0.1, 0.15) is 6.29 Å². The van der Waals surface area contributed by atoms with Gasteiger partial charge >= 0.3 is 0 Å². The SMILES string of the molecule is CCCC(CS(=O)(=O)c1ccccc1Cc1ccccc1)=C(C=O)CC. The summed E-state index contributed by atoms with van der Waals surface area (Å²) in [5.74, 6) is -0.0887. The predicted molar refractivity (Wildman–Crippen MR) is 106 cm³/mol. The summed E-state index contributed by atoms with van der Waals surface area (Å²) in [6, 6.07) is 17.0. The second-order valence-corrected chi connectivity index (χ2v) is 8.34. The molecule has 0 saturated heterocycles. The minimum atomic E-state index is -3.51. The fraction of sp³-hybridized carbons (Fsp3) is 0.318. The number of allylic oxidation sites excluding steroid dienone is 1. The van der Waals surface area contributed by atoms with Crippen LogP contribution in [0.3, 0.4) is 0 Å². The van der Waals surface area contributed by atoms with Crippen molar-refractivity contribution in [2.75, 3.05) is 5.75 Å². The Morgan fingerprint density at radius 3 is 2.23 bits per heavy atom. The summed E-state index contributed by atoms with van der Waals surface area (Å²) in [5.41, 5.74) is 3.20. The second kappa shape index (κ2) is 9.48. The zero-order valence-corrected chi connectivity index (χ0v) is 16.3. The molecule has 4 heteroatoms. The maximum atomic E-state index is 13.1. The van der Waals surface area contributed by atoms with Crippen LogP contribution in [0.1, 0.15) is 44.2 Å². The van der Waals surface area contributed by atoms with Crippen LogP contribution in [0, 0.1) is 0 Å². The zero-order chi connectivity index (χ0) is 19.0. The van der Waals surface area contributed by atoms with Crippen LogP contribution < -0.4 is 0 Å². The molecule has 0 amide bonds. The van der Waals surface area contributed by atoms with Crippen LogP contribution in [0.25, 0.3) is 0 Å². The monoisotopic (exact) mass is 370 g/mol. The summed E-state index contributed by atoms with van der Waals surface area (Å²) in [6.45, 7) is 3.88. The molecule has 0 aliphatic rings. The third-order valence-corrected chi connectivity index (χ3v) is 6.24. The number of sulfone groups is 1. The van der Waals surface area contributed by atoms with Gasteiger partial charge in [-0.15, -0.1) is 0 Å². The van der Waals surface area contributed by atoms with Crippen molar-refractivity contribution in [2.45, 2.75) is 44.4 Å². The molecule has 0 unspecified atom stereocenters. The number of hydrogen-bond acceptors (Lipinski definition) is 3. The lowest BCUT2D eigenvalue weighted by atomic mass is 10.0. The van der Waals surface area contributed by atoms with Gasteiger partial charge in [0.05, 0.1) is 10.6 Å². The number of benzene rings is 2. The first-order chi connectivity index (χ1) is 12.5. The van der Waals surface area contributed by atoms with Gasteiger partial charge in [0.25, 0.3) is 0 Å². The minimum Gasteiger partial charge on any atom is -0.298 e. The molecule has 138 valence electrons. The molecule has 26 heavy (non-hydrogen) atoms. The van der Waals surface area contributed by atoms with E-state index in [0.29, 0.717) is 29.7 Å². The Hall–Kier alpha value is -2.20. The van der Waals surface area contributed by atoms with Crippen molar-refractivity contribution in [1.82, 2.24) is 0 Å². The van der Waals surface area contributed by atoms with E-state index in [1.807, 2.05) is 56.3 Å². The second-order valence-electron chi connectivity index (χ2n) is 6.38. The van der Waals surface area contributed by atoms with E-state index in [9.17, 15) is 13.2 Å². The standard InChI is InChI=1S/C22H26O3S/c1-3-10-21(19(4-2)16-23)17-26(24,25)22-14-9-8-13-20(22)15-18-11-6-5-7-12-18/h5-9,11-14,16H,3-4,10,15,17H2,1-2H3. The number of carbonyl (C=O) groups is 1. The summed E-state index contributed by atoms with van der Waals surface area (Å²) in [4.78, 5) is 11.7. The van der Waals surface area contributed by atoms with Crippen molar-refractivity contribution in [3.05, 3.63) is 76.9 Å². The fourth-order valence-corrected chi connectivity index (χ4v) is 4.89. The zero-order valence-electron chi connectivity index (χ0n) is 15.4. The van der Waals surface area contributed by atoms with E-state index in [-0.39, 0.29) is 5.75 Å². The summed E-state index contributed by atoms with van der Waals surface area (Å²) < 4.78 is 26.2. The Balaban J connectivity index is 2.40. The summed E-state index contributed by atoms with van der Waals surface area (Å²) in [7, 11) is -3.51. The molecule has 0 spiro atoms. The first-order valence-electron chi connectivity index (χ1n) is 9.02. The van der Waals surface area contributed by atoms with E-state index in [4.69, 9.17) is 0 Å². The van der Waals surface area contributed by atoms with Gasteiger partial charge in [-0.1, -0.05) is 68.8 Å². The molecule has 0 aromatic heterocycles. The van der Waals surface area contributed by atoms with Crippen LogP contribution in [0.2, 0.25) is 0 Å². The third kappa shape index (κ3) is 5.15. The van der Waals surface area contributed by atoms with Gasteiger partial charge in [0.2, 0.25) is 0 Å². The lowest BCUT2D eigenvalue weighted by molar-refractivity contribution is -0.105. The molecule has 0 atom stereocenters. The van der Waals surface area contributed by atoms with Gasteiger partial charge in [-0.2, -0.15) is 0 Å². The predicted octanol–water partition coefficient (Wildman–Crippen LogP) is 4.76. The van der Waals surface area contributed by atoms with Gasteiger partial charge in [-0.05, 0) is 47.6 Å². The van der Waals surface area contributed by atoms with E-state index < -0.39 is 9.84 Å². The molecule has 0 bridgehead atoms. The van der Waals surface area contributed by atoms with Crippen molar-refractivity contribution in [1.29, 1.82) is 0 Å². The van der Waals surface area contributed by atoms with Crippen LogP contribution in [0.15, 0.2) is 70.6 Å². The topological polar surface area (TPSA) is 51.2 Å². The average Bonchev–Trinajstić information content (AvgIpc) is 2.64. The van der Waals surface area contributed by atoms with Gasteiger partial charge < -0.3 is 0 Å². The van der Waals surface area contributed by atoms with Crippen LogP contribution in [0.4, 0.5) is 0 Å². The maximum absolute atomic E-state index is 13.1. The molecule has 0 aliphatic heterocycles. The molecular weight excluding hydrogens is 344 g/mol. The first-order valence-corrected chi connectivity index (χ1v) is 10.7. The molecule has 2 aromatic rings. The van der Waals surface area contributed by atoms with Gasteiger partial charge in [0, 0.05) is 0 Å². The highest BCUT2D eigenvalue weighted by atomic mass is 32.2. The molecule has 0 saturated carbocycles. The maximum Gasteiger partial charge on any atom is 0.182 e. The van der Waals surface area contributed by atoms with Gasteiger partial charge in [-0.25, -0.2) is 8.42 Å². The van der Waals surface area contributed by atoms with Crippen molar-refractivity contribution >= 4 is 16.1 Å². The van der Waals surface area contributed by atoms with E-state index in [2.05, 4.69) is 0 Å². The fourth-order valence-electron chi connectivity index (χ4n) is 3.12. The van der Waals surface area contributed by atoms with E-state index >= 15 is 0 Å². The van der Waals surface area contributed by atoms with Crippen LogP contribution in [-0.2, 0) is 21.1 Å². The smallest absolute Gasteiger partial charge is 0.182 e. The Labute approximate surface area is 156 Å². The Kier molecular flexibility index (Phi) is 7.34. The lowest BCUT2D eigenvalue weighted by Gasteiger charge is -2.14. The normalized spacial score (nSPS) is 12.5. The van der Waals surface area contributed by atoms with E-state index in [1.54, 1.807) is 12.1 Å². The highest BCUT2D eigenvalue weighted by Crippen LogP contribution is 2.24. The number of aldehydes is 1. The van der Waals surface area contributed by atoms with Crippen LogP contribution >= 0.6 is 0 Å². The highest BCUT2D eigenvalue weighted by molar-refractivity contribution is 7.91. The molecule has 0 heterocycles. The Morgan fingerprint density at radius 1 is 0.962 bits per heavy atom. The molecule has 2 rings (SSSR count). The minimum absolute atomic E-state index is 0.0887. The van der Waals surface area contributed by atoms with Crippen molar-refractivity contribution < 1.29 is 13.2 Å². The largest absolute Gasteiger partial charge is 0.298 e. The van der Waals surface area contributed by atoms with Crippen molar-refractivity contribution in [2.24, 2.45) is 0 Å².